The van der Waals surface area contributed by atoms with Gasteiger partial charge >= 0.3 is 0 Å². The first-order valence-corrected chi connectivity index (χ1v) is 7.34. The van der Waals surface area contributed by atoms with Gasteiger partial charge in [0.05, 0.1) is 0 Å². The number of nitrogens with two attached hydrogens (primary N) is 1. The summed E-state index contributed by atoms with van der Waals surface area (Å²) in [4.78, 5) is 14.0. The van der Waals surface area contributed by atoms with Crippen LogP contribution in [0.25, 0.3) is 0 Å². The van der Waals surface area contributed by atoms with Crippen LogP contribution >= 0.6 is 0 Å². The lowest BCUT2D eigenvalue weighted by Crippen LogP contribution is -2.40. The van der Waals surface area contributed by atoms with Crippen LogP contribution in [0.3, 0.4) is 0 Å². The normalized spacial score (nSPS) is 13.7. The molecule has 4 heteroatoms. The average molecular weight is 278 g/mol. The SMILES string of the molecule is CC[C@@H](N)c1ccccc1OC(C)C(=O)N(CC)CC. The highest BCUT2D eigenvalue weighted by atomic mass is 16.5. The van der Waals surface area contributed by atoms with E-state index in [1.807, 2.05) is 45.0 Å². The Balaban J connectivity index is 2.85. The molecule has 0 aliphatic carbocycles. The van der Waals surface area contributed by atoms with Gasteiger partial charge in [-0.1, -0.05) is 25.1 Å². The number of hydrogen-bond acceptors (Lipinski definition) is 3. The Kier molecular flexibility index (Phi) is 6.52. The summed E-state index contributed by atoms with van der Waals surface area (Å²) in [6.45, 7) is 9.14. The number of hydrogen-bond donors (Lipinski definition) is 1. The minimum atomic E-state index is -0.500. The first kappa shape index (κ1) is 16.5. The maximum atomic E-state index is 12.2. The van der Waals surface area contributed by atoms with Crippen molar-refractivity contribution in [1.82, 2.24) is 4.90 Å². The smallest absolute Gasteiger partial charge is 0.263 e. The molecule has 0 fully saturated rings. The number of carbonyl (C=O) groups excluding carboxylic acids is 1. The Morgan fingerprint density at radius 2 is 1.85 bits per heavy atom. The number of amides is 1. The van der Waals surface area contributed by atoms with Gasteiger partial charge in [-0.3, -0.25) is 4.79 Å². The molecule has 1 aromatic carbocycles. The summed E-state index contributed by atoms with van der Waals surface area (Å²) in [5.41, 5.74) is 7.04. The Bertz CT molecular complexity index is 430. The van der Waals surface area contributed by atoms with Crippen LogP contribution in [-0.4, -0.2) is 30.0 Å². The van der Waals surface area contributed by atoms with E-state index in [2.05, 4.69) is 0 Å². The largest absolute Gasteiger partial charge is 0.481 e. The minimum absolute atomic E-state index is 0.00914. The Labute approximate surface area is 121 Å². The maximum absolute atomic E-state index is 12.2. The van der Waals surface area contributed by atoms with E-state index in [-0.39, 0.29) is 11.9 Å². The van der Waals surface area contributed by atoms with Crippen molar-refractivity contribution in [1.29, 1.82) is 0 Å². The predicted molar refractivity (Wildman–Crippen MR) is 81.7 cm³/mol. The Morgan fingerprint density at radius 3 is 2.40 bits per heavy atom. The van der Waals surface area contributed by atoms with Crippen LogP contribution in [0, 0.1) is 0 Å². The number of likely N-dealkylation sites (N-methyl/N-ethyl adjacent to an activating group) is 1. The molecule has 0 aliphatic heterocycles. The van der Waals surface area contributed by atoms with Crippen molar-refractivity contribution in [2.24, 2.45) is 5.73 Å². The second kappa shape index (κ2) is 7.90. The number of nitrogens with zero attached hydrogens (tertiary/aromatic N) is 1. The van der Waals surface area contributed by atoms with E-state index < -0.39 is 6.10 Å². The molecule has 4 nitrogen and oxygen atoms in total. The third kappa shape index (κ3) is 3.97. The van der Waals surface area contributed by atoms with E-state index in [0.717, 1.165) is 12.0 Å². The van der Waals surface area contributed by atoms with Gasteiger partial charge < -0.3 is 15.4 Å². The van der Waals surface area contributed by atoms with Crippen molar-refractivity contribution in [2.75, 3.05) is 13.1 Å². The summed E-state index contributed by atoms with van der Waals surface area (Å²) in [6, 6.07) is 7.60. The van der Waals surface area contributed by atoms with Crippen LogP contribution < -0.4 is 10.5 Å². The number of para-hydroxylation sites is 1. The van der Waals surface area contributed by atoms with Crippen molar-refractivity contribution in [2.45, 2.75) is 46.3 Å². The van der Waals surface area contributed by atoms with Gasteiger partial charge in [-0.05, 0) is 33.3 Å². The maximum Gasteiger partial charge on any atom is 0.263 e. The minimum Gasteiger partial charge on any atom is -0.481 e. The highest BCUT2D eigenvalue weighted by Gasteiger charge is 2.21. The zero-order chi connectivity index (χ0) is 15.1. The van der Waals surface area contributed by atoms with E-state index in [0.29, 0.717) is 18.8 Å². The second-order valence-corrected chi connectivity index (χ2v) is 4.82. The van der Waals surface area contributed by atoms with Crippen molar-refractivity contribution < 1.29 is 9.53 Å². The molecule has 1 amide bonds. The molecule has 112 valence electrons. The van der Waals surface area contributed by atoms with Crippen LogP contribution in [-0.2, 0) is 4.79 Å². The molecule has 2 N–H and O–H groups in total. The first-order chi connectivity index (χ1) is 9.54. The lowest BCUT2D eigenvalue weighted by atomic mass is 10.0. The quantitative estimate of drug-likeness (QED) is 0.834. The fourth-order valence-electron chi connectivity index (χ4n) is 2.15. The van der Waals surface area contributed by atoms with Crippen LogP contribution in [0.1, 0.15) is 45.7 Å². The molecule has 0 heterocycles. The van der Waals surface area contributed by atoms with E-state index in [1.54, 1.807) is 11.8 Å². The van der Waals surface area contributed by atoms with E-state index >= 15 is 0 Å². The molecule has 20 heavy (non-hydrogen) atoms. The van der Waals surface area contributed by atoms with Gasteiger partial charge in [0.25, 0.3) is 5.91 Å². The van der Waals surface area contributed by atoms with Crippen molar-refractivity contribution in [3.05, 3.63) is 29.8 Å². The van der Waals surface area contributed by atoms with Gasteiger partial charge in [0, 0.05) is 24.7 Å². The topological polar surface area (TPSA) is 55.6 Å². The van der Waals surface area contributed by atoms with E-state index in [4.69, 9.17) is 10.5 Å². The molecule has 0 saturated carbocycles. The van der Waals surface area contributed by atoms with Gasteiger partial charge in [-0.15, -0.1) is 0 Å². The van der Waals surface area contributed by atoms with Gasteiger partial charge in [-0.25, -0.2) is 0 Å². The van der Waals surface area contributed by atoms with Crippen LogP contribution in [0.2, 0.25) is 0 Å². The van der Waals surface area contributed by atoms with E-state index in [9.17, 15) is 4.79 Å². The van der Waals surface area contributed by atoms with Gasteiger partial charge in [0.1, 0.15) is 5.75 Å². The molecule has 0 radical (unpaired) electrons. The first-order valence-electron chi connectivity index (χ1n) is 7.34. The zero-order valence-corrected chi connectivity index (χ0v) is 12.9. The van der Waals surface area contributed by atoms with Crippen LogP contribution in [0.4, 0.5) is 0 Å². The molecule has 1 aromatic rings. The fourth-order valence-corrected chi connectivity index (χ4v) is 2.15. The highest BCUT2D eigenvalue weighted by Crippen LogP contribution is 2.26. The number of ether oxygens (including phenoxy) is 1. The molecule has 0 bridgehead atoms. The number of rotatable bonds is 7. The second-order valence-electron chi connectivity index (χ2n) is 4.82. The lowest BCUT2D eigenvalue weighted by molar-refractivity contribution is -0.137. The summed E-state index contributed by atoms with van der Waals surface area (Å²) in [5.74, 6) is 0.713. The summed E-state index contributed by atoms with van der Waals surface area (Å²) >= 11 is 0. The molecule has 2 atom stereocenters. The summed E-state index contributed by atoms with van der Waals surface area (Å²) in [7, 11) is 0. The van der Waals surface area contributed by atoms with Crippen molar-refractivity contribution >= 4 is 5.91 Å². The predicted octanol–water partition coefficient (Wildman–Crippen LogP) is 2.73. The molecule has 0 aliphatic rings. The van der Waals surface area contributed by atoms with Gasteiger partial charge in [0.15, 0.2) is 6.10 Å². The Hall–Kier alpha value is -1.55. The third-order valence-corrected chi connectivity index (χ3v) is 3.48. The highest BCUT2D eigenvalue weighted by molar-refractivity contribution is 5.80. The average Bonchev–Trinajstić information content (AvgIpc) is 2.48. The van der Waals surface area contributed by atoms with Gasteiger partial charge in [-0.2, -0.15) is 0 Å². The van der Waals surface area contributed by atoms with Gasteiger partial charge in [0.2, 0.25) is 0 Å². The standard InChI is InChI=1S/C16H26N2O2/c1-5-14(17)13-10-8-9-11-15(13)20-12(4)16(19)18(6-2)7-3/h8-12,14H,5-7,17H2,1-4H3/t12?,14-/m1/s1. The summed E-state index contributed by atoms with van der Waals surface area (Å²) in [5, 5.41) is 0. The number of carbonyl (C=O) groups is 1. The molecule has 0 aromatic heterocycles. The van der Waals surface area contributed by atoms with Crippen LogP contribution in [0.5, 0.6) is 5.75 Å². The Morgan fingerprint density at radius 1 is 1.25 bits per heavy atom. The molecular formula is C16H26N2O2. The van der Waals surface area contributed by atoms with Crippen molar-refractivity contribution in [3.63, 3.8) is 0 Å². The fraction of sp³-hybridized carbons (Fsp3) is 0.562. The third-order valence-electron chi connectivity index (χ3n) is 3.48. The summed E-state index contributed by atoms with van der Waals surface area (Å²) in [6.07, 6.45) is 0.332. The molecular weight excluding hydrogens is 252 g/mol. The molecule has 0 saturated heterocycles. The zero-order valence-electron chi connectivity index (χ0n) is 12.9. The number of benzene rings is 1. The van der Waals surface area contributed by atoms with Crippen LogP contribution in [0.15, 0.2) is 24.3 Å². The van der Waals surface area contributed by atoms with E-state index in [1.165, 1.54) is 0 Å². The summed E-state index contributed by atoms with van der Waals surface area (Å²) < 4.78 is 5.84. The molecule has 1 rings (SSSR count). The monoisotopic (exact) mass is 278 g/mol. The lowest BCUT2D eigenvalue weighted by Gasteiger charge is -2.25. The van der Waals surface area contributed by atoms with Crippen molar-refractivity contribution in [3.8, 4) is 5.75 Å². The molecule has 1 unspecified atom stereocenters. The molecule has 0 spiro atoms.